The Balaban J connectivity index is 2.49. The fourth-order valence-electron chi connectivity index (χ4n) is 1.18. The smallest absolute Gasteiger partial charge is 0.404 e. The van der Waals surface area contributed by atoms with Crippen LogP contribution < -0.4 is 0 Å². The predicted octanol–water partition coefficient (Wildman–Crippen LogP) is 3.12. The monoisotopic (exact) mass is 282 g/mol. The molecule has 0 aromatic heterocycles. The highest BCUT2D eigenvalue weighted by Gasteiger charge is 2.45. The Morgan fingerprint density at radius 3 is 2.33 bits per heavy atom. The number of aliphatic carboxylic acids is 1. The molecule has 18 heavy (non-hydrogen) atoms. The maximum absolute atomic E-state index is 12.3. The molecule has 3 nitrogen and oxygen atoms in total. The third-order valence-corrected chi connectivity index (χ3v) is 2.41. The summed E-state index contributed by atoms with van der Waals surface area (Å²) in [5.41, 5.74) is 0.616. The highest BCUT2D eigenvalue weighted by Crippen LogP contribution is 2.27. The molecule has 100 valence electrons. The van der Waals surface area contributed by atoms with Crippen molar-refractivity contribution in [3.05, 3.63) is 34.9 Å². The number of ether oxygens (including phenoxy) is 1. The summed E-state index contributed by atoms with van der Waals surface area (Å²) >= 11 is 5.63. The summed E-state index contributed by atoms with van der Waals surface area (Å²) < 4.78 is 41.6. The highest BCUT2D eigenvalue weighted by atomic mass is 35.5. The van der Waals surface area contributed by atoms with Crippen molar-refractivity contribution in [1.82, 2.24) is 0 Å². The van der Waals surface area contributed by atoms with Gasteiger partial charge in [-0.25, -0.2) is 0 Å². The van der Waals surface area contributed by atoms with E-state index in [-0.39, 0.29) is 6.61 Å². The van der Waals surface area contributed by atoms with Crippen LogP contribution >= 0.6 is 11.6 Å². The summed E-state index contributed by atoms with van der Waals surface area (Å²) in [5, 5.41) is 8.92. The van der Waals surface area contributed by atoms with E-state index in [1.165, 1.54) is 0 Å². The van der Waals surface area contributed by atoms with E-state index < -0.39 is 24.7 Å². The van der Waals surface area contributed by atoms with Crippen molar-refractivity contribution in [1.29, 1.82) is 0 Å². The van der Waals surface area contributed by atoms with Gasteiger partial charge in [0.25, 0.3) is 0 Å². The largest absolute Gasteiger partial charge is 0.481 e. The average molecular weight is 283 g/mol. The number of carbonyl (C=O) groups is 1. The van der Waals surface area contributed by atoms with Crippen LogP contribution in [0.3, 0.4) is 0 Å². The number of halogens is 4. The van der Waals surface area contributed by atoms with Crippen LogP contribution in [0.4, 0.5) is 13.2 Å². The maximum Gasteiger partial charge on any atom is 0.404 e. The minimum Gasteiger partial charge on any atom is -0.481 e. The normalized spacial score (nSPS) is 13.3. The molecule has 7 heteroatoms. The minimum atomic E-state index is -4.81. The van der Waals surface area contributed by atoms with Crippen LogP contribution in [0, 0.1) is 5.92 Å². The third kappa shape index (κ3) is 4.54. The minimum absolute atomic E-state index is 0.100. The second kappa shape index (κ2) is 6.06. The average Bonchev–Trinajstić information content (AvgIpc) is 2.24. The lowest BCUT2D eigenvalue weighted by Crippen LogP contribution is -2.34. The molecule has 0 radical (unpaired) electrons. The number of hydrogen-bond donors (Lipinski definition) is 1. The van der Waals surface area contributed by atoms with Crippen molar-refractivity contribution in [3.63, 3.8) is 0 Å². The molecule has 1 aromatic rings. The summed E-state index contributed by atoms with van der Waals surface area (Å²) in [7, 11) is 0. The van der Waals surface area contributed by atoms with Gasteiger partial charge in [0.05, 0.1) is 13.2 Å². The van der Waals surface area contributed by atoms with E-state index >= 15 is 0 Å². The van der Waals surface area contributed by atoms with Gasteiger partial charge in [-0.05, 0) is 17.7 Å². The van der Waals surface area contributed by atoms with Gasteiger partial charge in [0.2, 0.25) is 0 Å². The molecule has 1 unspecified atom stereocenters. The zero-order valence-electron chi connectivity index (χ0n) is 9.08. The highest BCUT2D eigenvalue weighted by molar-refractivity contribution is 6.30. The summed E-state index contributed by atoms with van der Waals surface area (Å²) in [6.45, 7) is -1.02. The van der Waals surface area contributed by atoms with Crippen molar-refractivity contribution in [2.75, 3.05) is 6.61 Å². The Morgan fingerprint density at radius 2 is 1.89 bits per heavy atom. The van der Waals surface area contributed by atoms with Gasteiger partial charge in [0, 0.05) is 5.02 Å². The van der Waals surface area contributed by atoms with E-state index in [4.69, 9.17) is 21.4 Å². The summed E-state index contributed by atoms with van der Waals surface area (Å²) in [6, 6.07) is 6.31. The lowest BCUT2D eigenvalue weighted by atomic mass is 10.1. The topological polar surface area (TPSA) is 46.5 Å². The van der Waals surface area contributed by atoms with E-state index in [0.29, 0.717) is 10.6 Å². The fraction of sp³-hybridized carbons (Fsp3) is 0.364. The van der Waals surface area contributed by atoms with Gasteiger partial charge in [0.15, 0.2) is 5.92 Å². The molecule has 1 rings (SSSR count). The molecule has 0 saturated heterocycles. The molecular weight excluding hydrogens is 273 g/mol. The maximum atomic E-state index is 12.3. The summed E-state index contributed by atoms with van der Waals surface area (Å²) in [5.74, 6) is -4.46. The van der Waals surface area contributed by atoms with Crippen LogP contribution in [-0.4, -0.2) is 23.9 Å². The molecule has 0 aliphatic heterocycles. The molecule has 0 spiro atoms. The first-order valence-electron chi connectivity index (χ1n) is 4.92. The SMILES string of the molecule is O=C(O)C(COCc1ccc(Cl)cc1)C(F)(F)F. The molecule has 0 bridgehead atoms. The first-order chi connectivity index (χ1) is 8.30. The van der Waals surface area contributed by atoms with Crippen molar-refractivity contribution in [2.45, 2.75) is 12.8 Å². The molecule has 0 fully saturated rings. The van der Waals surface area contributed by atoms with Gasteiger partial charge in [0.1, 0.15) is 0 Å². The molecule has 0 aliphatic rings. The second-order valence-electron chi connectivity index (χ2n) is 3.57. The first kappa shape index (κ1) is 14.8. The van der Waals surface area contributed by atoms with Crippen LogP contribution in [0.1, 0.15) is 5.56 Å². The quantitative estimate of drug-likeness (QED) is 0.902. The number of carboxylic acids is 1. The van der Waals surface area contributed by atoms with Crippen molar-refractivity contribution in [2.24, 2.45) is 5.92 Å². The number of benzene rings is 1. The van der Waals surface area contributed by atoms with Crippen molar-refractivity contribution in [3.8, 4) is 0 Å². The second-order valence-corrected chi connectivity index (χ2v) is 4.01. The zero-order valence-corrected chi connectivity index (χ0v) is 9.83. The number of alkyl halides is 3. The summed E-state index contributed by atoms with van der Waals surface area (Å²) in [6.07, 6.45) is -4.81. The third-order valence-electron chi connectivity index (χ3n) is 2.16. The summed E-state index contributed by atoms with van der Waals surface area (Å²) in [4.78, 5) is 10.4. The van der Waals surface area contributed by atoms with Gasteiger partial charge in [-0.1, -0.05) is 23.7 Å². The molecular formula is C11H10ClF3O3. The Morgan fingerprint density at radius 1 is 1.33 bits per heavy atom. The van der Waals surface area contributed by atoms with Crippen LogP contribution in [0.2, 0.25) is 5.02 Å². The molecule has 1 atom stereocenters. The zero-order chi connectivity index (χ0) is 13.8. The lowest BCUT2D eigenvalue weighted by Gasteiger charge is -2.16. The predicted molar refractivity (Wildman–Crippen MR) is 58.3 cm³/mol. The van der Waals surface area contributed by atoms with E-state index in [0.717, 1.165) is 0 Å². The van der Waals surface area contributed by atoms with Gasteiger partial charge in [-0.3, -0.25) is 4.79 Å². The molecule has 1 N–H and O–H groups in total. The Hall–Kier alpha value is -1.27. The molecule has 0 heterocycles. The Labute approximate surface area is 106 Å². The van der Waals surface area contributed by atoms with Crippen LogP contribution in [0.15, 0.2) is 24.3 Å². The van der Waals surface area contributed by atoms with E-state index in [2.05, 4.69) is 0 Å². The van der Waals surface area contributed by atoms with Crippen LogP contribution in [-0.2, 0) is 16.1 Å². The molecule has 0 aliphatic carbocycles. The van der Waals surface area contributed by atoms with E-state index in [1.807, 2.05) is 0 Å². The van der Waals surface area contributed by atoms with E-state index in [9.17, 15) is 18.0 Å². The van der Waals surface area contributed by atoms with Gasteiger partial charge in [-0.15, -0.1) is 0 Å². The van der Waals surface area contributed by atoms with Gasteiger partial charge in [-0.2, -0.15) is 13.2 Å². The molecule has 0 saturated carbocycles. The van der Waals surface area contributed by atoms with Crippen molar-refractivity contribution >= 4 is 17.6 Å². The van der Waals surface area contributed by atoms with Crippen LogP contribution in [0.25, 0.3) is 0 Å². The van der Waals surface area contributed by atoms with Gasteiger partial charge >= 0.3 is 12.1 Å². The fourth-order valence-corrected chi connectivity index (χ4v) is 1.31. The van der Waals surface area contributed by atoms with Crippen LogP contribution in [0.5, 0.6) is 0 Å². The standard InChI is InChI=1S/C11H10ClF3O3/c12-8-3-1-7(2-4-8)5-18-6-9(10(16)17)11(13,14)15/h1-4,9H,5-6H2,(H,16,17). The lowest BCUT2D eigenvalue weighted by molar-refractivity contribution is -0.203. The van der Waals surface area contributed by atoms with E-state index in [1.54, 1.807) is 24.3 Å². The Kier molecular flexibility index (Phi) is 4.98. The molecule has 1 aromatic carbocycles. The van der Waals surface area contributed by atoms with Crippen molar-refractivity contribution < 1.29 is 27.8 Å². The first-order valence-corrected chi connectivity index (χ1v) is 5.30. The number of rotatable bonds is 5. The number of hydrogen-bond acceptors (Lipinski definition) is 2. The van der Waals surface area contributed by atoms with Gasteiger partial charge < -0.3 is 9.84 Å². The number of carboxylic acid groups (broad SMARTS) is 1. The Bertz CT molecular complexity index is 403. The molecule has 0 amide bonds.